The number of nitrogens with one attached hydrogen (secondary N) is 2. The van der Waals surface area contributed by atoms with Crippen molar-refractivity contribution in [3.63, 3.8) is 0 Å². The third-order valence-electron chi connectivity index (χ3n) is 4.35. The van der Waals surface area contributed by atoms with E-state index >= 15 is 0 Å². The van der Waals surface area contributed by atoms with Crippen LogP contribution < -0.4 is 16.4 Å². The van der Waals surface area contributed by atoms with Crippen molar-refractivity contribution >= 4 is 28.2 Å². The summed E-state index contributed by atoms with van der Waals surface area (Å²) < 4.78 is 0. The first-order valence-electron chi connectivity index (χ1n) is 7.09. The number of hydrogen-bond acceptors (Lipinski definition) is 4. The highest BCUT2D eigenvalue weighted by Crippen LogP contribution is 2.33. The van der Waals surface area contributed by atoms with E-state index in [0.29, 0.717) is 22.5 Å². The van der Waals surface area contributed by atoms with Crippen LogP contribution in [0.25, 0.3) is 0 Å². The molecule has 2 fully saturated rings. The number of amides is 2. The summed E-state index contributed by atoms with van der Waals surface area (Å²) in [6, 6.07) is 1.98. The maximum absolute atomic E-state index is 12.3. The number of hydrogen-bond donors (Lipinski definition) is 3. The number of fused-ring (bicyclic) bond motifs is 1. The van der Waals surface area contributed by atoms with E-state index in [2.05, 4.69) is 10.6 Å². The first-order valence-corrected chi connectivity index (χ1v) is 7.97. The summed E-state index contributed by atoms with van der Waals surface area (Å²) in [7, 11) is 0. The molecular weight excluding hydrogens is 274 g/mol. The highest BCUT2D eigenvalue weighted by Gasteiger charge is 2.38. The molecule has 1 saturated carbocycles. The minimum Gasteiger partial charge on any atom is -0.366 e. The van der Waals surface area contributed by atoms with Gasteiger partial charge in [0, 0.05) is 6.04 Å². The van der Waals surface area contributed by atoms with Gasteiger partial charge in [-0.15, -0.1) is 11.3 Å². The molecule has 3 unspecified atom stereocenters. The molecule has 0 aromatic carbocycles. The Kier molecular flexibility index (Phi) is 3.76. The average Bonchev–Trinajstić information content (AvgIpc) is 3.03. The molecule has 3 rings (SSSR count). The molecule has 1 saturated heterocycles. The van der Waals surface area contributed by atoms with Gasteiger partial charge in [0.05, 0.1) is 11.6 Å². The Morgan fingerprint density at radius 1 is 1.35 bits per heavy atom. The van der Waals surface area contributed by atoms with Crippen LogP contribution in [0.4, 0.5) is 5.00 Å². The van der Waals surface area contributed by atoms with Crippen molar-refractivity contribution in [3.8, 4) is 0 Å². The molecular formula is C14H19N3O2S. The topological polar surface area (TPSA) is 84.2 Å². The smallest absolute Gasteiger partial charge is 0.251 e. The number of carbonyl (C=O) groups excluding carboxylic acids is 2. The van der Waals surface area contributed by atoms with E-state index in [0.717, 1.165) is 6.42 Å². The highest BCUT2D eigenvalue weighted by atomic mass is 32.1. The summed E-state index contributed by atoms with van der Waals surface area (Å²) in [5.74, 6) is 0.0670. The van der Waals surface area contributed by atoms with Crippen molar-refractivity contribution in [1.29, 1.82) is 0 Å². The van der Waals surface area contributed by atoms with Crippen molar-refractivity contribution in [1.82, 2.24) is 5.32 Å². The monoisotopic (exact) mass is 293 g/mol. The molecule has 3 atom stereocenters. The lowest BCUT2D eigenvalue weighted by molar-refractivity contribution is -0.117. The number of anilines is 1. The molecule has 2 heterocycles. The van der Waals surface area contributed by atoms with Crippen LogP contribution in [0.1, 0.15) is 42.5 Å². The largest absolute Gasteiger partial charge is 0.366 e. The van der Waals surface area contributed by atoms with Crippen molar-refractivity contribution in [2.45, 2.75) is 44.2 Å². The van der Waals surface area contributed by atoms with Gasteiger partial charge >= 0.3 is 0 Å². The second-order valence-corrected chi connectivity index (χ2v) is 6.54. The SMILES string of the molecule is NC(=O)c1ccsc1NC(=O)C1CC2CCCCC2N1. The standard InChI is InChI=1S/C14H19N3O2S/c15-12(18)9-5-6-20-14(9)17-13(19)11-7-8-3-1-2-4-10(8)16-11/h5-6,8,10-11,16H,1-4,7H2,(H2,15,18)(H,17,19). The fraction of sp³-hybridized carbons (Fsp3) is 0.571. The van der Waals surface area contributed by atoms with Crippen LogP contribution in [0.15, 0.2) is 11.4 Å². The van der Waals surface area contributed by atoms with Crippen molar-refractivity contribution in [3.05, 3.63) is 17.0 Å². The van der Waals surface area contributed by atoms with E-state index in [-0.39, 0.29) is 11.9 Å². The van der Waals surface area contributed by atoms with Gasteiger partial charge in [-0.3, -0.25) is 9.59 Å². The quantitative estimate of drug-likeness (QED) is 0.793. The van der Waals surface area contributed by atoms with Gasteiger partial charge in [-0.1, -0.05) is 12.8 Å². The molecule has 0 spiro atoms. The van der Waals surface area contributed by atoms with E-state index in [1.54, 1.807) is 11.4 Å². The summed E-state index contributed by atoms with van der Waals surface area (Å²) in [6.07, 6.45) is 5.80. The molecule has 0 bridgehead atoms. The molecule has 2 aliphatic rings. The predicted molar refractivity (Wildman–Crippen MR) is 78.8 cm³/mol. The van der Waals surface area contributed by atoms with Crippen LogP contribution in [-0.2, 0) is 4.79 Å². The summed E-state index contributed by atoms with van der Waals surface area (Å²) in [4.78, 5) is 23.6. The second-order valence-electron chi connectivity index (χ2n) is 5.62. The first kappa shape index (κ1) is 13.6. The van der Waals surface area contributed by atoms with E-state index in [4.69, 9.17) is 5.73 Å². The van der Waals surface area contributed by atoms with Crippen molar-refractivity contribution in [2.24, 2.45) is 11.7 Å². The van der Waals surface area contributed by atoms with Gasteiger partial charge in [0.25, 0.3) is 5.91 Å². The van der Waals surface area contributed by atoms with E-state index < -0.39 is 5.91 Å². The van der Waals surface area contributed by atoms with Gasteiger partial charge in [-0.2, -0.15) is 0 Å². The Hall–Kier alpha value is -1.40. The molecule has 6 heteroatoms. The average molecular weight is 293 g/mol. The first-order chi connectivity index (χ1) is 9.65. The Balaban J connectivity index is 1.65. The molecule has 0 radical (unpaired) electrons. The zero-order valence-corrected chi connectivity index (χ0v) is 12.0. The Morgan fingerprint density at radius 2 is 2.15 bits per heavy atom. The number of thiophene rings is 1. The molecule has 1 aliphatic heterocycles. The van der Waals surface area contributed by atoms with E-state index in [9.17, 15) is 9.59 Å². The molecule has 1 aromatic heterocycles. The summed E-state index contributed by atoms with van der Waals surface area (Å²) in [5.41, 5.74) is 5.67. The number of carbonyl (C=O) groups is 2. The molecule has 108 valence electrons. The number of rotatable bonds is 3. The van der Waals surface area contributed by atoms with Gasteiger partial charge in [-0.25, -0.2) is 0 Å². The summed E-state index contributed by atoms with van der Waals surface area (Å²) >= 11 is 1.33. The van der Waals surface area contributed by atoms with Crippen LogP contribution in [0, 0.1) is 5.92 Å². The second kappa shape index (κ2) is 5.54. The molecule has 2 amide bonds. The number of nitrogens with two attached hydrogens (primary N) is 1. The lowest BCUT2D eigenvalue weighted by Crippen LogP contribution is -2.40. The van der Waals surface area contributed by atoms with Gasteiger partial charge in [0.15, 0.2) is 0 Å². The van der Waals surface area contributed by atoms with Gasteiger partial charge in [-0.05, 0) is 36.6 Å². The molecule has 4 N–H and O–H groups in total. The fourth-order valence-corrected chi connectivity index (χ4v) is 4.12. The maximum atomic E-state index is 12.3. The third-order valence-corrected chi connectivity index (χ3v) is 5.18. The predicted octanol–water partition coefficient (Wildman–Crippen LogP) is 1.71. The summed E-state index contributed by atoms with van der Waals surface area (Å²) in [6.45, 7) is 0. The van der Waals surface area contributed by atoms with Gasteiger partial charge in [0.2, 0.25) is 5.91 Å². The minimum atomic E-state index is -0.505. The van der Waals surface area contributed by atoms with Crippen LogP contribution >= 0.6 is 11.3 Å². The van der Waals surface area contributed by atoms with Crippen LogP contribution in [-0.4, -0.2) is 23.9 Å². The molecule has 5 nitrogen and oxygen atoms in total. The molecule has 1 aromatic rings. The van der Waals surface area contributed by atoms with Crippen molar-refractivity contribution in [2.75, 3.05) is 5.32 Å². The zero-order chi connectivity index (χ0) is 14.1. The highest BCUT2D eigenvalue weighted by molar-refractivity contribution is 7.14. The molecule has 1 aliphatic carbocycles. The Bertz CT molecular complexity index is 514. The maximum Gasteiger partial charge on any atom is 0.251 e. The van der Waals surface area contributed by atoms with Crippen molar-refractivity contribution < 1.29 is 9.59 Å². The van der Waals surface area contributed by atoms with Crippen LogP contribution in [0.3, 0.4) is 0 Å². The van der Waals surface area contributed by atoms with Crippen LogP contribution in [0.5, 0.6) is 0 Å². The van der Waals surface area contributed by atoms with Gasteiger partial charge < -0.3 is 16.4 Å². The van der Waals surface area contributed by atoms with Gasteiger partial charge in [0.1, 0.15) is 5.00 Å². The summed E-state index contributed by atoms with van der Waals surface area (Å²) in [5, 5.41) is 8.59. The fourth-order valence-electron chi connectivity index (χ4n) is 3.32. The Morgan fingerprint density at radius 3 is 2.90 bits per heavy atom. The van der Waals surface area contributed by atoms with E-state index in [1.807, 2.05) is 0 Å². The Labute approximate surface area is 121 Å². The van der Waals surface area contributed by atoms with E-state index in [1.165, 1.54) is 37.0 Å². The van der Waals surface area contributed by atoms with Crippen LogP contribution in [0.2, 0.25) is 0 Å². The lowest BCUT2D eigenvalue weighted by Gasteiger charge is -2.24. The third kappa shape index (κ3) is 2.58. The zero-order valence-electron chi connectivity index (χ0n) is 11.2. The number of primary amides is 1. The molecule has 20 heavy (non-hydrogen) atoms. The normalized spacial score (nSPS) is 28.9. The lowest BCUT2D eigenvalue weighted by atomic mass is 9.85. The minimum absolute atomic E-state index is 0.0515.